The van der Waals surface area contributed by atoms with Crippen molar-refractivity contribution in [2.45, 2.75) is 39.8 Å². The number of nitrogens with one attached hydrogen (secondary N) is 2. The molecule has 0 aliphatic heterocycles. The van der Waals surface area contributed by atoms with E-state index < -0.39 is 6.10 Å². The van der Waals surface area contributed by atoms with E-state index in [0.29, 0.717) is 6.54 Å². The zero-order valence-corrected chi connectivity index (χ0v) is 11.9. The minimum atomic E-state index is -0.491. The first-order valence-electron chi connectivity index (χ1n) is 6.78. The number of aryl methyl sites for hydroxylation is 1. The third-order valence-electron chi connectivity index (χ3n) is 3.31. The molecule has 1 rings (SSSR count). The molecule has 0 aromatic heterocycles. The maximum atomic E-state index is 11.6. The number of aliphatic hydroxyl groups is 1. The van der Waals surface area contributed by atoms with Crippen molar-refractivity contribution in [3.63, 3.8) is 0 Å². The lowest BCUT2D eigenvalue weighted by atomic mass is 10.0. The number of urea groups is 1. The van der Waals surface area contributed by atoms with Crippen molar-refractivity contribution in [3.8, 4) is 0 Å². The molecule has 0 spiro atoms. The highest BCUT2D eigenvalue weighted by atomic mass is 16.3. The van der Waals surface area contributed by atoms with Crippen molar-refractivity contribution < 1.29 is 9.90 Å². The molecule has 4 heteroatoms. The summed E-state index contributed by atoms with van der Waals surface area (Å²) < 4.78 is 0. The molecule has 4 nitrogen and oxygen atoms in total. The summed E-state index contributed by atoms with van der Waals surface area (Å²) in [4.78, 5) is 11.6. The average molecular weight is 264 g/mol. The fourth-order valence-corrected chi connectivity index (χ4v) is 1.74. The summed E-state index contributed by atoms with van der Waals surface area (Å²) in [6.45, 7) is 6.79. The van der Waals surface area contributed by atoms with Gasteiger partial charge in [-0.25, -0.2) is 4.79 Å². The number of rotatable bonds is 6. The van der Waals surface area contributed by atoms with Crippen LogP contribution in [0.15, 0.2) is 24.3 Å². The molecule has 0 radical (unpaired) electrons. The summed E-state index contributed by atoms with van der Waals surface area (Å²) in [5.41, 5.74) is 2.24. The predicted molar refractivity (Wildman–Crippen MR) is 76.9 cm³/mol. The maximum Gasteiger partial charge on any atom is 0.315 e. The van der Waals surface area contributed by atoms with Crippen LogP contribution in [0.5, 0.6) is 0 Å². The Kier molecular flexibility index (Phi) is 6.36. The van der Waals surface area contributed by atoms with Crippen molar-refractivity contribution in [2.24, 2.45) is 5.92 Å². The third-order valence-corrected chi connectivity index (χ3v) is 3.31. The van der Waals surface area contributed by atoms with Gasteiger partial charge >= 0.3 is 6.03 Å². The van der Waals surface area contributed by atoms with Gasteiger partial charge in [-0.3, -0.25) is 0 Å². The molecule has 3 N–H and O–H groups in total. The van der Waals surface area contributed by atoms with E-state index in [2.05, 4.69) is 10.6 Å². The average Bonchev–Trinajstić information content (AvgIpc) is 2.41. The number of carbonyl (C=O) groups is 1. The highest BCUT2D eigenvalue weighted by molar-refractivity contribution is 5.73. The molecular formula is C15H24N2O2. The molecule has 1 aromatic rings. The Hall–Kier alpha value is -1.55. The highest BCUT2D eigenvalue weighted by Gasteiger charge is 2.12. The van der Waals surface area contributed by atoms with E-state index >= 15 is 0 Å². The summed E-state index contributed by atoms with van der Waals surface area (Å²) >= 11 is 0. The zero-order chi connectivity index (χ0) is 14.3. The summed E-state index contributed by atoms with van der Waals surface area (Å²) in [6, 6.07) is 7.75. The molecule has 0 saturated carbocycles. The summed E-state index contributed by atoms with van der Waals surface area (Å²) in [6.07, 6.45) is 0.406. The Labute approximate surface area is 115 Å². The molecule has 0 heterocycles. The van der Waals surface area contributed by atoms with Gasteiger partial charge in [-0.2, -0.15) is 0 Å². The summed E-state index contributed by atoms with van der Waals surface area (Å²) in [5, 5.41) is 15.2. The van der Waals surface area contributed by atoms with Crippen LogP contribution in [-0.2, 0) is 6.54 Å². The van der Waals surface area contributed by atoms with Gasteiger partial charge in [0, 0.05) is 13.1 Å². The van der Waals surface area contributed by atoms with Crippen LogP contribution < -0.4 is 10.6 Å². The van der Waals surface area contributed by atoms with Crippen molar-refractivity contribution in [1.29, 1.82) is 0 Å². The first-order chi connectivity index (χ1) is 9.02. The minimum absolute atomic E-state index is 0.192. The number of carbonyl (C=O) groups excluding carboxylic acids is 1. The molecule has 2 amide bonds. The van der Waals surface area contributed by atoms with E-state index in [-0.39, 0.29) is 18.5 Å². The van der Waals surface area contributed by atoms with Gasteiger partial charge in [-0.05, 0) is 18.4 Å². The maximum absolute atomic E-state index is 11.6. The quantitative estimate of drug-likeness (QED) is 0.737. The predicted octanol–water partition coefficient (Wildman–Crippen LogP) is 2.20. The van der Waals surface area contributed by atoms with Crippen LogP contribution in [0.4, 0.5) is 4.79 Å². The molecule has 106 valence electrons. The molecule has 1 aromatic carbocycles. The molecule has 2 unspecified atom stereocenters. The zero-order valence-electron chi connectivity index (χ0n) is 11.9. The van der Waals surface area contributed by atoms with Crippen molar-refractivity contribution >= 4 is 6.03 Å². The van der Waals surface area contributed by atoms with Gasteiger partial charge in [0.1, 0.15) is 0 Å². The Bertz CT molecular complexity index is 407. The number of hydrogen-bond acceptors (Lipinski definition) is 2. The normalized spacial score (nSPS) is 13.7. The minimum Gasteiger partial charge on any atom is -0.391 e. The van der Waals surface area contributed by atoms with Crippen molar-refractivity contribution in [2.75, 3.05) is 6.54 Å². The largest absolute Gasteiger partial charge is 0.391 e. The van der Waals surface area contributed by atoms with Crippen LogP contribution >= 0.6 is 0 Å². The van der Waals surface area contributed by atoms with E-state index in [1.807, 2.05) is 45.0 Å². The molecule has 0 aliphatic carbocycles. The smallest absolute Gasteiger partial charge is 0.315 e. The number of amides is 2. The Morgan fingerprint density at radius 2 is 2.11 bits per heavy atom. The highest BCUT2D eigenvalue weighted by Crippen LogP contribution is 2.06. The van der Waals surface area contributed by atoms with Crippen LogP contribution in [0.3, 0.4) is 0 Å². The molecule has 0 saturated heterocycles. The third kappa shape index (κ3) is 5.75. The number of benzene rings is 1. The molecule has 2 atom stereocenters. The van der Waals surface area contributed by atoms with Crippen molar-refractivity contribution in [3.05, 3.63) is 35.4 Å². The molecular weight excluding hydrogens is 240 g/mol. The first-order valence-corrected chi connectivity index (χ1v) is 6.78. The van der Waals surface area contributed by atoms with E-state index in [9.17, 15) is 9.90 Å². The molecule has 0 bridgehead atoms. The van der Waals surface area contributed by atoms with Gasteiger partial charge in [-0.15, -0.1) is 0 Å². The van der Waals surface area contributed by atoms with Crippen LogP contribution in [0.1, 0.15) is 31.4 Å². The lowest BCUT2D eigenvalue weighted by Crippen LogP contribution is -2.41. The van der Waals surface area contributed by atoms with E-state index in [1.165, 1.54) is 5.56 Å². The fourth-order valence-electron chi connectivity index (χ4n) is 1.74. The topological polar surface area (TPSA) is 61.4 Å². The lowest BCUT2D eigenvalue weighted by molar-refractivity contribution is 0.114. The lowest BCUT2D eigenvalue weighted by Gasteiger charge is -2.17. The van der Waals surface area contributed by atoms with Gasteiger partial charge in [0.2, 0.25) is 0 Å². The van der Waals surface area contributed by atoms with Crippen LogP contribution in [0.2, 0.25) is 0 Å². The van der Waals surface area contributed by atoms with E-state index in [1.54, 1.807) is 0 Å². The molecule has 19 heavy (non-hydrogen) atoms. The second kappa shape index (κ2) is 7.79. The first kappa shape index (κ1) is 15.5. The monoisotopic (exact) mass is 264 g/mol. The van der Waals surface area contributed by atoms with Crippen LogP contribution in [0.25, 0.3) is 0 Å². The number of aliphatic hydroxyl groups excluding tert-OH is 1. The Morgan fingerprint density at radius 3 is 2.74 bits per heavy atom. The second-order valence-electron chi connectivity index (χ2n) is 5.01. The Balaban J connectivity index is 2.28. The molecule has 0 aliphatic rings. The van der Waals surface area contributed by atoms with Crippen LogP contribution in [-0.4, -0.2) is 23.8 Å². The fraction of sp³-hybridized carbons (Fsp3) is 0.533. The van der Waals surface area contributed by atoms with Gasteiger partial charge in [0.25, 0.3) is 0 Å². The molecule has 0 fully saturated rings. The van der Waals surface area contributed by atoms with Gasteiger partial charge < -0.3 is 15.7 Å². The Morgan fingerprint density at radius 1 is 1.37 bits per heavy atom. The van der Waals surface area contributed by atoms with E-state index in [4.69, 9.17) is 0 Å². The standard InChI is InChI=1S/C15H24N2O2/c1-4-12(3)14(18)10-17-15(19)16-9-13-7-5-6-11(2)8-13/h5-8,12,14,18H,4,9-10H2,1-3H3,(H2,16,17,19). The van der Waals surface area contributed by atoms with E-state index in [0.717, 1.165) is 12.0 Å². The number of hydrogen-bond donors (Lipinski definition) is 3. The van der Waals surface area contributed by atoms with Crippen molar-refractivity contribution in [1.82, 2.24) is 10.6 Å². The second-order valence-corrected chi connectivity index (χ2v) is 5.01. The summed E-state index contributed by atoms with van der Waals surface area (Å²) in [5.74, 6) is 0.192. The summed E-state index contributed by atoms with van der Waals surface area (Å²) in [7, 11) is 0. The van der Waals surface area contributed by atoms with Gasteiger partial charge in [0.15, 0.2) is 0 Å². The van der Waals surface area contributed by atoms with Gasteiger partial charge in [-0.1, -0.05) is 50.1 Å². The van der Waals surface area contributed by atoms with Gasteiger partial charge in [0.05, 0.1) is 6.10 Å². The SMILES string of the molecule is CCC(C)C(O)CNC(=O)NCc1cccc(C)c1. The van der Waals surface area contributed by atoms with Crippen LogP contribution in [0, 0.1) is 12.8 Å².